The number of likely N-dealkylation sites (tertiary alicyclic amines) is 1. The van der Waals surface area contributed by atoms with Gasteiger partial charge in [0.05, 0.1) is 62.4 Å². The van der Waals surface area contributed by atoms with Gasteiger partial charge in [-0.1, -0.05) is 18.0 Å². The number of aromatic nitrogens is 5. The van der Waals surface area contributed by atoms with Crippen molar-refractivity contribution in [2.45, 2.75) is 96.5 Å². The average Bonchev–Trinajstić information content (AvgIpc) is 3.72. The van der Waals surface area contributed by atoms with Gasteiger partial charge in [0.15, 0.2) is 5.82 Å². The summed E-state index contributed by atoms with van der Waals surface area (Å²) in [7, 11) is 1.49. The molecule has 3 aliphatic heterocycles. The number of nitrogens with one attached hydrogen (secondary N) is 1. The minimum Gasteiger partial charge on any atom is -0.480 e. The molecular weight excluding hydrogens is 701 g/mol. The second-order valence-corrected chi connectivity index (χ2v) is 16.7. The number of aromatic amines is 1. The Morgan fingerprint density at radius 3 is 2.72 bits per heavy atom. The molecule has 0 radical (unpaired) electrons. The summed E-state index contributed by atoms with van der Waals surface area (Å²) in [6.07, 6.45) is 9.84. The zero-order valence-corrected chi connectivity index (χ0v) is 32.1. The molecular formula is C39H51ClFN7O5. The molecule has 1 unspecified atom stereocenters. The van der Waals surface area contributed by atoms with Crippen LogP contribution in [-0.2, 0) is 9.47 Å². The lowest BCUT2D eigenvalue weighted by molar-refractivity contribution is -0.0697. The summed E-state index contributed by atoms with van der Waals surface area (Å²) in [5.74, 6) is 0.426. The maximum atomic E-state index is 17.3. The van der Waals surface area contributed by atoms with Crippen LogP contribution < -0.4 is 14.4 Å². The van der Waals surface area contributed by atoms with Gasteiger partial charge in [-0.05, 0) is 90.3 Å². The number of pyridine rings is 1. The molecule has 6 heterocycles. The number of aryl methyl sites for hydroxylation is 1. The van der Waals surface area contributed by atoms with Crippen LogP contribution in [0.25, 0.3) is 33.1 Å². The third-order valence-electron chi connectivity index (χ3n) is 12.0. The number of methoxy groups -OCH3 is 1. The first kappa shape index (κ1) is 36.6. The van der Waals surface area contributed by atoms with Gasteiger partial charge in [0.1, 0.15) is 28.0 Å². The van der Waals surface area contributed by atoms with Crippen LogP contribution in [0.1, 0.15) is 71.3 Å². The molecule has 4 fully saturated rings. The Balaban J connectivity index is 1.20. The van der Waals surface area contributed by atoms with E-state index in [0.29, 0.717) is 59.0 Å². The van der Waals surface area contributed by atoms with Crippen LogP contribution >= 0.6 is 11.6 Å². The molecule has 286 valence electrons. The van der Waals surface area contributed by atoms with E-state index in [0.717, 1.165) is 63.6 Å². The van der Waals surface area contributed by atoms with Crippen LogP contribution in [0.4, 0.5) is 10.2 Å². The highest BCUT2D eigenvalue weighted by Crippen LogP contribution is 2.49. The highest BCUT2D eigenvalue weighted by molar-refractivity contribution is 6.35. The van der Waals surface area contributed by atoms with Crippen molar-refractivity contribution in [2.24, 2.45) is 11.3 Å². The molecule has 2 N–H and O–H groups in total. The number of piperidine rings is 1. The summed E-state index contributed by atoms with van der Waals surface area (Å²) in [5, 5.41) is 19.6. The van der Waals surface area contributed by atoms with Gasteiger partial charge in [0, 0.05) is 35.5 Å². The first-order chi connectivity index (χ1) is 25.4. The number of H-pyrrole nitrogens is 1. The Kier molecular flexibility index (Phi) is 9.93. The lowest BCUT2D eigenvalue weighted by atomic mass is 9.75. The second kappa shape index (κ2) is 14.4. The zero-order valence-electron chi connectivity index (χ0n) is 31.4. The molecule has 0 spiro atoms. The average molecular weight is 752 g/mol. The number of fused-ring (bicyclic) bond motifs is 3. The van der Waals surface area contributed by atoms with Crippen molar-refractivity contribution in [3.05, 3.63) is 28.7 Å². The molecule has 0 amide bonds. The molecule has 1 aromatic carbocycles. The van der Waals surface area contributed by atoms with Crippen molar-refractivity contribution < 1.29 is 28.4 Å². The Labute approximate surface area is 314 Å². The van der Waals surface area contributed by atoms with E-state index < -0.39 is 11.4 Å². The normalized spacial score (nSPS) is 29.8. The predicted octanol–water partition coefficient (Wildman–Crippen LogP) is 6.48. The van der Waals surface area contributed by atoms with Gasteiger partial charge in [0.2, 0.25) is 5.88 Å². The summed E-state index contributed by atoms with van der Waals surface area (Å²) in [6.45, 7) is 11.6. The van der Waals surface area contributed by atoms with Gasteiger partial charge in [-0.3, -0.25) is 10.00 Å². The van der Waals surface area contributed by atoms with Crippen LogP contribution in [0.5, 0.6) is 11.9 Å². The molecule has 0 bridgehead atoms. The number of nitrogens with zero attached hydrogens (tertiary/aromatic N) is 6. The van der Waals surface area contributed by atoms with E-state index in [9.17, 15) is 5.11 Å². The first-order valence-electron chi connectivity index (χ1n) is 19.1. The number of halogens is 2. The van der Waals surface area contributed by atoms with Crippen LogP contribution in [0.3, 0.4) is 0 Å². The number of hydrogen-bond acceptors (Lipinski definition) is 11. The number of aliphatic hydroxyl groups is 1. The van der Waals surface area contributed by atoms with Gasteiger partial charge in [-0.15, -0.1) is 0 Å². The third-order valence-corrected chi connectivity index (χ3v) is 12.4. The molecule has 4 aliphatic rings. The number of β-amino-alcohol motifs (C(OH)–C–C–N with tert-alkyl or cyclic N) is 1. The molecule has 4 aromatic rings. The fourth-order valence-electron chi connectivity index (χ4n) is 9.79. The summed E-state index contributed by atoms with van der Waals surface area (Å²) in [6, 6.07) is 2.34. The first-order valence-corrected chi connectivity index (χ1v) is 19.5. The van der Waals surface area contributed by atoms with E-state index in [1.807, 2.05) is 17.9 Å². The molecule has 6 atom stereocenters. The summed E-state index contributed by atoms with van der Waals surface area (Å²) >= 11 is 6.88. The van der Waals surface area contributed by atoms with Gasteiger partial charge in [0.25, 0.3) is 0 Å². The second-order valence-electron chi connectivity index (χ2n) is 16.3. The maximum Gasteiger partial charge on any atom is 0.319 e. The number of rotatable bonds is 8. The quantitative estimate of drug-likeness (QED) is 0.205. The fraction of sp³-hybridized carbons (Fsp3) is 0.641. The summed E-state index contributed by atoms with van der Waals surface area (Å²) in [4.78, 5) is 19.1. The van der Waals surface area contributed by atoms with E-state index in [4.69, 9.17) is 45.5 Å². The molecule has 53 heavy (non-hydrogen) atoms. The van der Waals surface area contributed by atoms with E-state index in [-0.39, 0.29) is 59.3 Å². The molecule has 1 aliphatic carbocycles. The van der Waals surface area contributed by atoms with Crippen LogP contribution in [-0.4, -0.2) is 112 Å². The van der Waals surface area contributed by atoms with E-state index >= 15 is 4.39 Å². The minimum atomic E-state index is -1.18. The summed E-state index contributed by atoms with van der Waals surface area (Å²) in [5.41, 5.74) is 0.591. The van der Waals surface area contributed by atoms with Crippen molar-refractivity contribution in [2.75, 3.05) is 58.0 Å². The van der Waals surface area contributed by atoms with Crippen molar-refractivity contribution in [1.82, 2.24) is 30.0 Å². The van der Waals surface area contributed by atoms with Crippen molar-refractivity contribution in [3.63, 3.8) is 0 Å². The molecule has 3 aromatic heterocycles. The molecule has 14 heteroatoms. The largest absolute Gasteiger partial charge is 0.480 e. The number of ether oxygens (including phenoxy) is 4. The minimum absolute atomic E-state index is 0.000578. The molecule has 8 rings (SSSR count). The highest BCUT2D eigenvalue weighted by atomic mass is 35.5. The van der Waals surface area contributed by atoms with Gasteiger partial charge < -0.3 is 29.0 Å². The number of anilines is 1. The van der Waals surface area contributed by atoms with Crippen LogP contribution in [0, 0.1) is 24.1 Å². The maximum absolute atomic E-state index is 17.3. The van der Waals surface area contributed by atoms with Gasteiger partial charge in [-0.2, -0.15) is 15.1 Å². The third kappa shape index (κ3) is 6.92. The Morgan fingerprint density at radius 2 is 1.92 bits per heavy atom. The van der Waals surface area contributed by atoms with Crippen molar-refractivity contribution in [1.29, 1.82) is 0 Å². The molecule has 1 saturated carbocycles. The highest BCUT2D eigenvalue weighted by Gasteiger charge is 2.49. The SMILES string of the molecule is COc1nc(-c2c(Cl)c(C)cc3[nH]ncc23)c(F)c2nc(OC[C@]34CCC[C@H]3N(CC3C[C@@H](C)O[C@@H](C)C3)CCC4)nc(N3CCOC[C@@](C)(O)C3)c12. The smallest absolute Gasteiger partial charge is 0.319 e. The zero-order chi connectivity index (χ0) is 37.1. The van der Waals surface area contributed by atoms with Gasteiger partial charge in [-0.25, -0.2) is 9.37 Å². The van der Waals surface area contributed by atoms with E-state index in [2.05, 4.69) is 28.9 Å². The van der Waals surface area contributed by atoms with Crippen LogP contribution in [0.2, 0.25) is 5.02 Å². The lowest BCUT2D eigenvalue weighted by Gasteiger charge is -2.48. The number of hydrogen-bond donors (Lipinski definition) is 2. The van der Waals surface area contributed by atoms with Gasteiger partial charge >= 0.3 is 6.01 Å². The van der Waals surface area contributed by atoms with Crippen LogP contribution in [0.15, 0.2) is 12.3 Å². The summed E-state index contributed by atoms with van der Waals surface area (Å²) < 4.78 is 41.6. The Morgan fingerprint density at radius 1 is 1.13 bits per heavy atom. The predicted molar refractivity (Wildman–Crippen MR) is 201 cm³/mol. The monoisotopic (exact) mass is 751 g/mol. The fourth-order valence-corrected chi connectivity index (χ4v) is 10.0. The standard InChI is InChI=1S/C39H51ClFN7O5/c1-22-14-27-26(17-42-46-27)29(31(22)40)33-32(41)34-30(36(43-33)50-5)35(48-12-13-51-20-38(4,49)19-48)45-37(44-34)52-21-39-9-6-8-28(39)47(11-7-10-39)18-25-15-23(2)53-24(3)16-25/h14,17,23-25,28,49H,6-13,15-16,18-21H2,1-5H3,(H,42,46)/t23-,24+,25?,28-,38+,39-/m1/s1. The van der Waals surface area contributed by atoms with Crippen molar-refractivity contribution >= 4 is 39.2 Å². The number of benzene rings is 1. The van der Waals surface area contributed by atoms with E-state index in [1.54, 1.807) is 13.1 Å². The topological polar surface area (TPSA) is 131 Å². The molecule has 3 saturated heterocycles. The van der Waals surface area contributed by atoms with Crippen molar-refractivity contribution in [3.8, 4) is 23.1 Å². The Bertz CT molecular complexity index is 1990. The van der Waals surface area contributed by atoms with E-state index in [1.165, 1.54) is 7.11 Å². The lowest BCUT2D eigenvalue weighted by Crippen LogP contribution is -2.53. The Hall–Kier alpha value is -3.36. The molecule has 12 nitrogen and oxygen atoms in total.